The minimum Gasteiger partial charge on any atom is -0.316 e. The minimum atomic E-state index is 1.11. The number of benzene rings is 1. The van der Waals surface area contributed by atoms with Crippen LogP contribution in [0.4, 0.5) is 0 Å². The highest BCUT2D eigenvalue weighted by molar-refractivity contribution is 14.1. The third-order valence-electron chi connectivity index (χ3n) is 2.03. The van der Waals surface area contributed by atoms with Crippen LogP contribution in [-0.2, 0) is 0 Å². The molecule has 0 spiro atoms. The molecule has 0 bridgehead atoms. The van der Waals surface area contributed by atoms with Crippen molar-refractivity contribution in [2.24, 2.45) is 0 Å². The molecule has 0 fully saturated rings. The molecule has 15 heavy (non-hydrogen) atoms. The average Bonchev–Trinajstić information content (AvgIpc) is 2.29. The number of nitrogens with one attached hydrogen (secondary N) is 1. The van der Waals surface area contributed by atoms with Crippen LogP contribution in [0, 0.1) is 0 Å². The zero-order valence-corrected chi connectivity index (χ0v) is 11.9. The molecule has 0 aliphatic rings. The Morgan fingerprint density at radius 2 is 1.87 bits per heavy atom. The van der Waals surface area contributed by atoms with Crippen molar-refractivity contribution in [1.29, 1.82) is 0 Å². The molecule has 0 unspecified atom stereocenters. The van der Waals surface area contributed by atoms with E-state index in [9.17, 15) is 0 Å². The Morgan fingerprint density at radius 3 is 2.60 bits per heavy atom. The number of hydrogen-bond acceptors (Lipinski definition) is 2. The lowest BCUT2D eigenvalue weighted by molar-refractivity contribution is 0.671. The molecule has 3 heteroatoms. The molecule has 1 N–H and O–H groups in total. The second-order valence-corrected chi connectivity index (χ2v) is 5.55. The van der Waals surface area contributed by atoms with E-state index >= 15 is 0 Å². The van der Waals surface area contributed by atoms with Gasteiger partial charge in [-0.3, -0.25) is 0 Å². The van der Waals surface area contributed by atoms with Gasteiger partial charge in [0.25, 0.3) is 0 Å². The Kier molecular flexibility index (Phi) is 8.42. The van der Waals surface area contributed by atoms with Gasteiger partial charge in [-0.25, -0.2) is 0 Å². The maximum absolute atomic E-state index is 3.47. The molecule has 1 rings (SSSR count). The lowest BCUT2D eigenvalue weighted by Gasteiger charge is -2.03. The van der Waals surface area contributed by atoms with Crippen LogP contribution in [0.25, 0.3) is 0 Å². The average molecular weight is 335 g/mol. The zero-order valence-electron chi connectivity index (χ0n) is 8.92. The fraction of sp³-hybridized carbons (Fsp3) is 0.500. The molecular weight excluding hydrogens is 317 g/mol. The van der Waals surface area contributed by atoms with Gasteiger partial charge >= 0.3 is 0 Å². The quantitative estimate of drug-likeness (QED) is 0.337. The largest absolute Gasteiger partial charge is 0.316 e. The Balaban J connectivity index is 1.93. The molecule has 0 saturated carbocycles. The Hall–Kier alpha value is 0.260. The summed E-state index contributed by atoms with van der Waals surface area (Å²) in [6.07, 6.45) is 2.64. The van der Waals surface area contributed by atoms with Crippen LogP contribution in [-0.4, -0.2) is 23.3 Å². The highest BCUT2D eigenvalue weighted by atomic mass is 127. The Labute approximate surface area is 111 Å². The summed E-state index contributed by atoms with van der Waals surface area (Å²) in [7, 11) is 0. The van der Waals surface area contributed by atoms with Crippen molar-refractivity contribution in [2.45, 2.75) is 17.7 Å². The smallest absolute Gasteiger partial charge is 0.0106 e. The van der Waals surface area contributed by atoms with Gasteiger partial charge in [-0.1, -0.05) is 40.8 Å². The van der Waals surface area contributed by atoms with Crippen LogP contribution in [0.15, 0.2) is 35.2 Å². The van der Waals surface area contributed by atoms with Gasteiger partial charge in [-0.15, -0.1) is 11.8 Å². The van der Waals surface area contributed by atoms with Gasteiger partial charge in [0.2, 0.25) is 0 Å². The standard InChI is InChI=1S/C12H18INS/c13-8-4-5-9-14-10-11-15-12-6-2-1-3-7-12/h1-3,6-7,14H,4-5,8-11H2. The number of unbranched alkanes of at least 4 members (excludes halogenated alkanes) is 1. The lowest BCUT2D eigenvalue weighted by atomic mass is 10.3. The predicted molar refractivity (Wildman–Crippen MR) is 78.2 cm³/mol. The first-order chi connectivity index (χ1) is 7.43. The van der Waals surface area contributed by atoms with E-state index in [2.05, 4.69) is 58.2 Å². The second-order valence-electron chi connectivity index (χ2n) is 3.31. The molecule has 0 amide bonds. The highest BCUT2D eigenvalue weighted by Crippen LogP contribution is 2.15. The van der Waals surface area contributed by atoms with Gasteiger partial charge in [0.15, 0.2) is 0 Å². The van der Waals surface area contributed by atoms with E-state index in [1.54, 1.807) is 0 Å². The number of halogens is 1. The maximum Gasteiger partial charge on any atom is 0.0106 e. The van der Waals surface area contributed by atoms with E-state index in [0.717, 1.165) is 12.3 Å². The molecule has 0 aromatic heterocycles. The Morgan fingerprint density at radius 1 is 1.07 bits per heavy atom. The second kappa shape index (κ2) is 9.48. The van der Waals surface area contributed by atoms with Crippen LogP contribution in [0.3, 0.4) is 0 Å². The highest BCUT2D eigenvalue weighted by Gasteiger charge is 1.92. The molecule has 0 aliphatic carbocycles. The Bertz CT molecular complexity index is 241. The van der Waals surface area contributed by atoms with Crippen LogP contribution in [0.5, 0.6) is 0 Å². The summed E-state index contributed by atoms with van der Waals surface area (Å²) in [5.74, 6) is 1.16. The molecule has 1 aromatic carbocycles. The van der Waals surface area contributed by atoms with Crippen LogP contribution in [0.2, 0.25) is 0 Å². The van der Waals surface area contributed by atoms with Crippen LogP contribution >= 0.6 is 34.4 Å². The number of rotatable bonds is 8. The molecule has 84 valence electrons. The summed E-state index contributed by atoms with van der Waals surface area (Å²) in [6, 6.07) is 10.6. The molecule has 1 aromatic rings. The van der Waals surface area contributed by atoms with Gasteiger partial charge in [0.05, 0.1) is 0 Å². The molecule has 0 atom stereocenters. The third kappa shape index (κ3) is 7.19. The van der Waals surface area contributed by atoms with Crippen LogP contribution in [0.1, 0.15) is 12.8 Å². The van der Waals surface area contributed by atoms with Gasteiger partial charge < -0.3 is 5.32 Å². The fourth-order valence-corrected chi connectivity index (χ4v) is 2.60. The fourth-order valence-electron chi connectivity index (χ4n) is 1.23. The maximum atomic E-state index is 3.47. The van der Waals surface area contributed by atoms with E-state index in [1.807, 2.05) is 11.8 Å². The first-order valence-electron chi connectivity index (χ1n) is 5.38. The third-order valence-corrected chi connectivity index (χ3v) is 3.80. The number of alkyl halides is 1. The van der Waals surface area contributed by atoms with Crippen LogP contribution < -0.4 is 5.32 Å². The summed E-state index contributed by atoms with van der Waals surface area (Å²) in [4.78, 5) is 1.37. The molecule has 0 aliphatic heterocycles. The van der Waals surface area contributed by atoms with E-state index in [1.165, 1.54) is 28.7 Å². The van der Waals surface area contributed by atoms with Gasteiger partial charge in [0.1, 0.15) is 0 Å². The molecule has 0 radical (unpaired) electrons. The number of thioether (sulfide) groups is 1. The van der Waals surface area contributed by atoms with Crippen molar-refractivity contribution in [2.75, 3.05) is 23.3 Å². The van der Waals surface area contributed by atoms with Crippen molar-refractivity contribution < 1.29 is 0 Å². The first kappa shape index (κ1) is 13.3. The molecule has 0 saturated heterocycles. The summed E-state index contributed by atoms with van der Waals surface area (Å²) in [5, 5.41) is 3.47. The first-order valence-corrected chi connectivity index (χ1v) is 7.89. The molecular formula is C12H18INS. The zero-order chi connectivity index (χ0) is 10.8. The van der Waals surface area contributed by atoms with E-state index in [0.29, 0.717) is 0 Å². The monoisotopic (exact) mass is 335 g/mol. The minimum absolute atomic E-state index is 1.11. The van der Waals surface area contributed by atoms with E-state index < -0.39 is 0 Å². The lowest BCUT2D eigenvalue weighted by Crippen LogP contribution is -2.18. The van der Waals surface area contributed by atoms with Crippen molar-refractivity contribution in [1.82, 2.24) is 5.32 Å². The van der Waals surface area contributed by atoms with Gasteiger partial charge in [0, 0.05) is 17.2 Å². The SMILES string of the molecule is ICCCCNCCSc1ccccc1. The summed E-state index contributed by atoms with van der Waals surface area (Å²) in [5.41, 5.74) is 0. The van der Waals surface area contributed by atoms with Crippen molar-refractivity contribution in [3.8, 4) is 0 Å². The predicted octanol–water partition coefficient (Wildman–Crippen LogP) is 3.58. The molecule has 1 nitrogen and oxygen atoms in total. The topological polar surface area (TPSA) is 12.0 Å². The van der Waals surface area contributed by atoms with E-state index in [-0.39, 0.29) is 0 Å². The summed E-state index contributed by atoms with van der Waals surface area (Å²) in [6.45, 7) is 2.28. The van der Waals surface area contributed by atoms with Crippen molar-refractivity contribution in [3.05, 3.63) is 30.3 Å². The normalized spacial score (nSPS) is 10.5. The summed E-state index contributed by atoms with van der Waals surface area (Å²) < 4.78 is 1.28. The van der Waals surface area contributed by atoms with Gasteiger partial charge in [-0.2, -0.15) is 0 Å². The number of hydrogen-bond donors (Lipinski definition) is 1. The van der Waals surface area contributed by atoms with Crippen molar-refractivity contribution in [3.63, 3.8) is 0 Å². The molecule has 0 heterocycles. The summed E-state index contributed by atoms with van der Waals surface area (Å²) >= 11 is 4.35. The van der Waals surface area contributed by atoms with Gasteiger partial charge in [-0.05, 0) is 35.9 Å². The van der Waals surface area contributed by atoms with E-state index in [4.69, 9.17) is 0 Å². The van der Waals surface area contributed by atoms with Crippen molar-refractivity contribution >= 4 is 34.4 Å².